The van der Waals surface area contributed by atoms with Gasteiger partial charge in [-0.3, -0.25) is 9.69 Å². The molecule has 84 valence electrons. The number of nitrogens with zero attached hydrogens (tertiary/aromatic N) is 1. The summed E-state index contributed by atoms with van der Waals surface area (Å²) in [4.78, 5) is 13.6. The molecule has 0 saturated heterocycles. The normalized spacial score (nSPS) is 15.3. The van der Waals surface area contributed by atoms with E-state index in [-0.39, 0.29) is 12.0 Å². The largest absolute Gasteiger partial charge is 0.465 e. The maximum atomic E-state index is 11.7. The van der Waals surface area contributed by atoms with E-state index in [4.69, 9.17) is 4.74 Å². The van der Waals surface area contributed by atoms with E-state index in [1.54, 1.807) is 0 Å². The SMILES string of the molecule is CCCOC(=O)[C@H]([C@@H](C)CC)N(C)C. The maximum absolute atomic E-state index is 11.7. The Labute approximate surface area is 87.4 Å². The average Bonchev–Trinajstić information content (AvgIpc) is 2.14. The highest BCUT2D eigenvalue weighted by Crippen LogP contribution is 2.13. The molecule has 0 N–H and O–H groups in total. The smallest absolute Gasteiger partial charge is 0.323 e. The molecule has 14 heavy (non-hydrogen) atoms. The Hall–Kier alpha value is -0.570. The zero-order valence-electron chi connectivity index (χ0n) is 10.0. The van der Waals surface area contributed by atoms with Crippen molar-refractivity contribution in [3.05, 3.63) is 0 Å². The van der Waals surface area contributed by atoms with E-state index >= 15 is 0 Å². The van der Waals surface area contributed by atoms with Crippen LogP contribution < -0.4 is 0 Å². The van der Waals surface area contributed by atoms with Crippen molar-refractivity contribution in [2.45, 2.75) is 39.7 Å². The van der Waals surface area contributed by atoms with Gasteiger partial charge in [0.05, 0.1) is 6.61 Å². The Morgan fingerprint density at radius 3 is 2.29 bits per heavy atom. The molecule has 0 heterocycles. The molecule has 0 aromatic rings. The molecule has 0 aromatic carbocycles. The zero-order chi connectivity index (χ0) is 11.1. The molecular weight excluding hydrogens is 178 g/mol. The summed E-state index contributed by atoms with van der Waals surface area (Å²) in [7, 11) is 3.84. The summed E-state index contributed by atoms with van der Waals surface area (Å²) in [6.07, 6.45) is 1.87. The number of carbonyl (C=O) groups excluding carboxylic acids is 1. The third-order valence-corrected chi connectivity index (χ3v) is 2.43. The van der Waals surface area contributed by atoms with E-state index < -0.39 is 0 Å². The summed E-state index contributed by atoms with van der Waals surface area (Å²) in [5.74, 6) is 0.251. The predicted octanol–water partition coefficient (Wildman–Crippen LogP) is 1.92. The molecule has 0 aliphatic rings. The summed E-state index contributed by atoms with van der Waals surface area (Å²) in [5, 5.41) is 0. The van der Waals surface area contributed by atoms with Gasteiger partial charge in [0, 0.05) is 0 Å². The van der Waals surface area contributed by atoms with Gasteiger partial charge < -0.3 is 4.74 Å². The number of rotatable bonds is 6. The molecule has 0 radical (unpaired) electrons. The Bertz CT molecular complexity index is 169. The number of ether oxygens (including phenoxy) is 1. The summed E-state index contributed by atoms with van der Waals surface area (Å²) in [6, 6.07) is -0.105. The number of carbonyl (C=O) groups is 1. The second kappa shape index (κ2) is 6.82. The Morgan fingerprint density at radius 2 is 1.93 bits per heavy atom. The molecule has 0 amide bonds. The predicted molar refractivity (Wildman–Crippen MR) is 58.2 cm³/mol. The molecule has 0 bridgehead atoms. The maximum Gasteiger partial charge on any atom is 0.323 e. The standard InChI is InChI=1S/C11H23NO2/c1-6-8-14-11(13)10(12(4)5)9(3)7-2/h9-10H,6-8H2,1-5H3/t9-,10-/m0/s1. The van der Waals surface area contributed by atoms with Crippen LogP contribution in [0.25, 0.3) is 0 Å². The highest BCUT2D eigenvalue weighted by atomic mass is 16.5. The van der Waals surface area contributed by atoms with Gasteiger partial charge in [0.15, 0.2) is 0 Å². The first-order valence-electron chi connectivity index (χ1n) is 5.37. The van der Waals surface area contributed by atoms with Gasteiger partial charge in [0.25, 0.3) is 0 Å². The van der Waals surface area contributed by atoms with Crippen LogP contribution in [0.15, 0.2) is 0 Å². The van der Waals surface area contributed by atoms with Gasteiger partial charge in [0.1, 0.15) is 6.04 Å². The lowest BCUT2D eigenvalue weighted by molar-refractivity contribution is -0.151. The summed E-state index contributed by atoms with van der Waals surface area (Å²) in [5.41, 5.74) is 0. The summed E-state index contributed by atoms with van der Waals surface area (Å²) in [6.45, 7) is 6.70. The van der Waals surface area contributed by atoms with Crippen molar-refractivity contribution < 1.29 is 9.53 Å². The van der Waals surface area contributed by atoms with E-state index in [0.29, 0.717) is 12.5 Å². The average molecular weight is 201 g/mol. The van der Waals surface area contributed by atoms with Gasteiger partial charge in [-0.25, -0.2) is 0 Å². The van der Waals surface area contributed by atoms with Crippen molar-refractivity contribution in [3.8, 4) is 0 Å². The van der Waals surface area contributed by atoms with Crippen LogP contribution >= 0.6 is 0 Å². The Balaban J connectivity index is 4.26. The van der Waals surface area contributed by atoms with Crippen LogP contribution in [0, 0.1) is 5.92 Å². The fourth-order valence-electron chi connectivity index (χ4n) is 1.46. The van der Waals surface area contributed by atoms with Crippen molar-refractivity contribution in [3.63, 3.8) is 0 Å². The second-order valence-electron chi connectivity index (χ2n) is 3.96. The first-order chi connectivity index (χ1) is 6.54. The minimum Gasteiger partial charge on any atom is -0.465 e. The number of hydrogen-bond acceptors (Lipinski definition) is 3. The van der Waals surface area contributed by atoms with Gasteiger partial charge in [-0.15, -0.1) is 0 Å². The molecule has 3 nitrogen and oxygen atoms in total. The lowest BCUT2D eigenvalue weighted by atomic mass is 9.98. The van der Waals surface area contributed by atoms with Gasteiger partial charge in [-0.05, 0) is 26.4 Å². The van der Waals surface area contributed by atoms with Gasteiger partial charge in [0.2, 0.25) is 0 Å². The molecular formula is C11H23NO2. The first kappa shape index (κ1) is 13.4. The number of likely N-dealkylation sites (N-methyl/N-ethyl adjacent to an activating group) is 1. The van der Waals surface area contributed by atoms with Crippen molar-refractivity contribution in [1.82, 2.24) is 4.90 Å². The van der Waals surface area contributed by atoms with Crippen LogP contribution in [0.5, 0.6) is 0 Å². The second-order valence-corrected chi connectivity index (χ2v) is 3.96. The van der Waals surface area contributed by atoms with Crippen molar-refractivity contribution in [2.24, 2.45) is 5.92 Å². The third kappa shape index (κ3) is 4.09. The third-order valence-electron chi connectivity index (χ3n) is 2.43. The summed E-state index contributed by atoms with van der Waals surface area (Å²) < 4.78 is 5.16. The quantitative estimate of drug-likeness (QED) is 0.615. The van der Waals surface area contributed by atoms with Crippen molar-refractivity contribution in [2.75, 3.05) is 20.7 Å². The van der Waals surface area contributed by atoms with Crippen LogP contribution in [-0.4, -0.2) is 37.6 Å². The van der Waals surface area contributed by atoms with E-state index in [1.807, 2.05) is 25.9 Å². The summed E-state index contributed by atoms with van der Waals surface area (Å²) >= 11 is 0. The van der Waals surface area contributed by atoms with Gasteiger partial charge in [-0.2, -0.15) is 0 Å². The van der Waals surface area contributed by atoms with Crippen LogP contribution in [0.4, 0.5) is 0 Å². The molecule has 0 aromatic heterocycles. The molecule has 0 saturated carbocycles. The molecule has 2 atom stereocenters. The number of hydrogen-bond donors (Lipinski definition) is 0. The molecule has 0 aliphatic heterocycles. The fourth-order valence-corrected chi connectivity index (χ4v) is 1.46. The zero-order valence-corrected chi connectivity index (χ0v) is 10.0. The minimum atomic E-state index is -0.105. The monoisotopic (exact) mass is 201 g/mol. The van der Waals surface area contributed by atoms with Crippen molar-refractivity contribution >= 4 is 5.97 Å². The van der Waals surface area contributed by atoms with Crippen LogP contribution in [-0.2, 0) is 9.53 Å². The molecule has 0 aliphatic carbocycles. The van der Waals surface area contributed by atoms with Crippen LogP contribution in [0.3, 0.4) is 0 Å². The Morgan fingerprint density at radius 1 is 1.36 bits per heavy atom. The Kier molecular flexibility index (Phi) is 6.54. The van der Waals surface area contributed by atoms with Crippen LogP contribution in [0.2, 0.25) is 0 Å². The lowest BCUT2D eigenvalue weighted by Crippen LogP contribution is -2.42. The molecule has 0 rings (SSSR count). The first-order valence-corrected chi connectivity index (χ1v) is 5.37. The van der Waals surface area contributed by atoms with Crippen molar-refractivity contribution in [1.29, 1.82) is 0 Å². The highest BCUT2D eigenvalue weighted by Gasteiger charge is 2.27. The van der Waals surface area contributed by atoms with Crippen LogP contribution in [0.1, 0.15) is 33.6 Å². The lowest BCUT2D eigenvalue weighted by Gasteiger charge is -2.27. The van der Waals surface area contributed by atoms with E-state index in [1.165, 1.54) is 0 Å². The minimum absolute atomic E-state index is 0.0915. The number of esters is 1. The molecule has 0 fully saturated rings. The van der Waals surface area contributed by atoms with Gasteiger partial charge >= 0.3 is 5.97 Å². The van der Waals surface area contributed by atoms with E-state index in [2.05, 4.69) is 13.8 Å². The topological polar surface area (TPSA) is 29.5 Å². The van der Waals surface area contributed by atoms with Gasteiger partial charge in [-0.1, -0.05) is 27.2 Å². The van der Waals surface area contributed by atoms with E-state index in [0.717, 1.165) is 12.8 Å². The van der Waals surface area contributed by atoms with E-state index in [9.17, 15) is 4.79 Å². The highest BCUT2D eigenvalue weighted by molar-refractivity contribution is 5.76. The molecule has 0 spiro atoms. The molecule has 3 heteroatoms. The molecule has 0 unspecified atom stereocenters. The fraction of sp³-hybridized carbons (Fsp3) is 0.909.